The second kappa shape index (κ2) is 8.00. The summed E-state index contributed by atoms with van der Waals surface area (Å²) in [4.78, 5) is 16.1. The Bertz CT molecular complexity index is 400. The molecule has 0 fully saturated rings. The van der Waals surface area contributed by atoms with Crippen LogP contribution in [-0.4, -0.2) is 21.6 Å². The average molecular weight is 278 g/mol. The molecule has 0 spiro atoms. The SMILES string of the molecule is CCCC(O)(CCC)CC(=O)NC(C)c1ccncc1. The highest BCUT2D eigenvalue weighted by Gasteiger charge is 2.28. The lowest BCUT2D eigenvalue weighted by Crippen LogP contribution is -2.37. The highest BCUT2D eigenvalue weighted by Crippen LogP contribution is 2.24. The van der Waals surface area contributed by atoms with Crippen molar-refractivity contribution in [2.75, 3.05) is 0 Å². The number of nitrogens with zero attached hydrogens (tertiary/aromatic N) is 1. The van der Waals surface area contributed by atoms with Gasteiger partial charge in [0.05, 0.1) is 18.1 Å². The summed E-state index contributed by atoms with van der Waals surface area (Å²) < 4.78 is 0. The van der Waals surface area contributed by atoms with Gasteiger partial charge in [0, 0.05) is 12.4 Å². The molecule has 20 heavy (non-hydrogen) atoms. The molecule has 2 N–H and O–H groups in total. The molecule has 0 aliphatic rings. The van der Waals surface area contributed by atoms with E-state index in [0.29, 0.717) is 12.8 Å². The van der Waals surface area contributed by atoms with Crippen molar-refractivity contribution in [1.29, 1.82) is 0 Å². The second-order valence-electron chi connectivity index (χ2n) is 5.47. The van der Waals surface area contributed by atoms with E-state index in [1.165, 1.54) is 0 Å². The third kappa shape index (κ3) is 5.29. The smallest absolute Gasteiger partial charge is 0.223 e. The third-order valence-corrected chi connectivity index (χ3v) is 3.50. The lowest BCUT2D eigenvalue weighted by molar-refractivity contribution is -0.127. The highest BCUT2D eigenvalue weighted by atomic mass is 16.3. The van der Waals surface area contributed by atoms with Gasteiger partial charge in [-0.1, -0.05) is 26.7 Å². The summed E-state index contributed by atoms with van der Waals surface area (Å²) in [5, 5.41) is 13.4. The molecule has 0 saturated heterocycles. The molecule has 4 heteroatoms. The molecule has 0 saturated carbocycles. The summed E-state index contributed by atoms with van der Waals surface area (Å²) in [6, 6.07) is 3.70. The Balaban J connectivity index is 2.57. The number of rotatable bonds is 8. The standard InChI is InChI=1S/C16H26N2O2/c1-4-8-16(20,9-5-2)12-15(19)18-13(3)14-6-10-17-11-7-14/h6-7,10-11,13,20H,4-5,8-9,12H2,1-3H3,(H,18,19). The molecule has 1 amide bonds. The molecule has 4 nitrogen and oxygen atoms in total. The van der Waals surface area contributed by atoms with Crippen LogP contribution in [0.25, 0.3) is 0 Å². The summed E-state index contributed by atoms with van der Waals surface area (Å²) in [7, 11) is 0. The van der Waals surface area contributed by atoms with Crippen LogP contribution < -0.4 is 5.32 Å². The first-order valence-corrected chi connectivity index (χ1v) is 7.42. The van der Waals surface area contributed by atoms with Crippen molar-refractivity contribution >= 4 is 5.91 Å². The van der Waals surface area contributed by atoms with Crippen LogP contribution in [0.3, 0.4) is 0 Å². The first kappa shape index (κ1) is 16.6. The quantitative estimate of drug-likeness (QED) is 0.768. The van der Waals surface area contributed by atoms with E-state index in [4.69, 9.17) is 0 Å². The van der Waals surface area contributed by atoms with Crippen LogP contribution in [0.1, 0.15) is 64.5 Å². The van der Waals surface area contributed by atoms with Crippen molar-refractivity contribution in [2.24, 2.45) is 0 Å². The van der Waals surface area contributed by atoms with Crippen LogP contribution in [0, 0.1) is 0 Å². The Hall–Kier alpha value is -1.42. The molecule has 1 heterocycles. The van der Waals surface area contributed by atoms with Crippen LogP contribution in [0.5, 0.6) is 0 Å². The number of nitrogens with one attached hydrogen (secondary N) is 1. The van der Waals surface area contributed by atoms with Crippen molar-refractivity contribution in [2.45, 2.75) is 64.5 Å². The molecule has 0 aliphatic carbocycles. The Morgan fingerprint density at radius 3 is 2.35 bits per heavy atom. The van der Waals surface area contributed by atoms with Crippen molar-refractivity contribution in [1.82, 2.24) is 10.3 Å². The van der Waals surface area contributed by atoms with E-state index in [1.807, 2.05) is 32.9 Å². The zero-order valence-corrected chi connectivity index (χ0v) is 12.7. The number of hydrogen-bond donors (Lipinski definition) is 2. The van der Waals surface area contributed by atoms with Gasteiger partial charge in [-0.25, -0.2) is 0 Å². The van der Waals surface area contributed by atoms with Gasteiger partial charge in [-0.15, -0.1) is 0 Å². The van der Waals surface area contributed by atoms with Gasteiger partial charge in [0.25, 0.3) is 0 Å². The van der Waals surface area contributed by atoms with E-state index in [-0.39, 0.29) is 18.4 Å². The largest absolute Gasteiger partial charge is 0.389 e. The molecule has 0 radical (unpaired) electrons. The normalized spacial score (nSPS) is 13.0. The van der Waals surface area contributed by atoms with E-state index >= 15 is 0 Å². The molecule has 1 unspecified atom stereocenters. The Morgan fingerprint density at radius 2 is 1.85 bits per heavy atom. The number of amides is 1. The van der Waals surface area contributed by atoms with Crippen LogP contribution >= 0.6 is 0 Å². The summed E-state index contributed by atoms with van der Waals surface area (Å²) in [6.45, 7) is 5.99. The number of hydrogen-bond acceptors (Lipinski definition) is 3. The topological polar surface area (TPSA) is 62.2 Å². The zero-order valence-electron chi connectivity index (χ0n) is 12.7. The molecule has 112 valence electrons. The summed E-state index contributed by atoms with van der Waals surface area (Å²) in [5.41, 5.74) is 0.147. The summed E-state index contributed by atoms with van der Waals surface area (Å²) >= 11 is 0. The molecule has 1 atom stereocenters. The number of aliphatic hydroxyl groups is 1. The highest BCUT2D eigenvalue weighted by molar-refractivity contribution is 5.77. The fourth-order valence-corrected chi connectivity index (χ4v) is 2.56. The molecule has 1 aromatic rings. The predicted octanol–water partition coefficient (Wildman–Crippen LogP) is 2.98. The van der Waals surface area contributed by atoms with E-state index in [2.05, 4.69) is 10.3 Å². The van der Waals surface area contributed by atoms with E-state index in [9.17, 15) is 9.90 Å². The van der Waals surface area contributed by atoms with Gasteiger partial charge in [-0.3, -0.25) is 9.78 Å². The van der Waals surface area contributed by atoms with Crippen LogP contribution in [0.4, 0.5) is 0 Å². The van der Waals surface area contributed by atoms with Crippen molar-refractivity contribution in [3.8, 4) is 0 Å². The van der Waals surface area contributed by atoms with Gasteiger partial charge in [0.2, 0.25) is 5.91 Å². The molecular weight excluding hydrogens is 252 g/mol. The Labute approximate surface area is 121 Å². The van der Waals surface area contributed by atoms with Gasteiger partial charge >= 0.3 is 0 Å². The number of carbonyl (C=O) groups is 1. The molecule has 1 aromatic heterocycles. The van der Waals surface area contributed by atoms with Gasteiger partial charge in [-0.2, -0.15) is 0 Å². The molecule has 0 bridgehead atoms. The zero-order chi connectivity index (χ0) is 15.0. The minimum Gasteiger partial charge on any atom is -0.389 e. The third-order valence-electron chi connectivity index (χ3n) is 3.50. The maximum atomic E-state index is 12.1. The van der Waals surface area contributed by atoms with Crippen LogP contribution in [0.15, 0.2) is 24.5 Å². The van der Waals surface area contributed by atoms with Gasteiger partial charge < -0.3 is 10.4 Å². The predicted molar refractivity (Wildman–Crippen MR) is 80.2 cm³/mol. The Kier molecular flexibility index (Phi) is 6.65. The maximum absolute atomic E-state index is 12.1. The van der Waals surface area contributed by atoms with Crippen molar-refractivity contribution in [3.05, 3.63) is 30.1 Å². The fourth-order valence-electron chi connectivity index (χ4n) is 2.56. The van der Waals surface area contributed by atoms with Gasteiger partial charge in [-0.05, 0) is 37.5 Å². The van der Waals surface area contributed by atoms with Gasteiger partial charge in [0.15, 0.2) is 0 Å². The number of pyridine rings is 1. The second-order valence-corrected chi connectivity index (χ2v) is 5.47. The molecular formula is C16H26N2O2. The van der Waals surface area contributed by atoms with Crippen molar-refractivity contribution in [3.63, 3.8) is 0 Å². The van der Waals surface area contributed by atoms with E-state index in [0.717, 1.165) is 18.4 Å². The van der Waals surface area contributed by atoms with Crippen LogP contribution in [-0.2, 0) is 4.79 Å². The van der Waals surface area contributed by atoms with E-state index < -0.39 is 5.60 Å². The first-order chi connectivity index (χ1) is 9.50. The monoisotopic (exact) mass is 278 g/mol. The summed E-state index contributed by atoms with van der Waals surface area (Å²) in [6.07, 6.45) is 6.68. The van der Waals surface area contributed by atoms with Crippen LogP contribution in [0.2, 0.25) is 0 Å². The summed E-state index contributed by atoms with van der Waals surface area (Å²) in [5.74, 6) is -0.0984. The molecule has 0 aliphatic heterocycles. The average Bonchev–Trinajstić information content (AvgIpc) is 2.39. The van der Waals surface area contributed by atoms with Gasteiger partial charge in [0.1, 0.15) is 0 Å². The number of carbonyl (C=O) groups excluding carboxylic acids is 1. The minimum atomic E-state index is -0.869. The minimum absolute atomic E-state index is 0.0713. The van der Waals surface area contributed by atoms with Crippen molar-refractivity contribution < 1.29 is 9.90 Å². The fraction of sp³-hybridized carbons (Fsp3) is 0.625. The maximum Gasteiger partial charge on any atom is 0.223 e. The lowest BCUT2D eigenvalue weighted by Gasteiger charge is -2.27. The number of aromatic nitrogens is 1. The Morgan fingerprint density at radius 1 is 1.30 bits per heavy atom. The molecule has 0 aromatic carbocycles. The molecule has 1 rings (SSSR count). The lowest BCUT2D eigenvalue weighted by atomic mass is 9.89. The first-order valence-electron chi connectivity index (χ1n) is 7.42. The van der Waals surface area contributed by atoms with E-state index in [1.54, 1.807) is 12.4 Å².